The Hall–Kier alpha value is -2.72. The van der Waals surface area contributed by atoms with Crippen LogP contribution in [0.3, 0.4) is 0 Å². The van der Waals surface area contributed by atoms with Crippen molar-refractivity contribution in [3.05, 3.63) is 53.6 Å². The van der Waals surface area contributed by atoms with E-state index in [9.17, 15) is 27.1 Å². The van der Waals surface area contributed by atoms with Crippen molar-refractivity contribution in [2.45, 2.75) is 23.2 Å². The maximum atomic E-state index is 12.9. The molecule has 2 N–H and O–H groups in total. The van der Waals surface area contributed by atoms with Gasteiger partial charge >= 0.3 is 5.76 Å². The van der Waals surface area contributed by atoms with Crippen molar-refractivity contribution in [1.82, 2.24) is 5.32 Å². The molecule has 150 valence electrons. The van der Waals surface area contributed by atoms with Crippen molar-refractivity contribution in [1.29, 1.82) is 0 Å². The molecule has 28 heavy (non-hydrogen) atoms. The Morgan fingerprint density at radius 1 is 1.21 bits per heavy atom. The predicted molar refractivity (Wildman–Crippen MR) is 94.1 cm³/mol. The summed E-state index contributed by atoms with van der Waals surface area (Å²) < 4.78 is 59.7. The van der Waals surface area contributed by atoms with E-state index in [2.05, 4.69) is 5.32 Å². The Kier molecular flexibility index (Phi) is 5.26. The minimum absolute atomic E-state index is 0.0626. The molecule has 0 saturated carbocycles. The Morgan fingerprint density at radius 2 is 1.89 bits per heavy atom. The number of nitrogens with one attached hydrogen (secondary N) is 1. The molecule has 1 amide bonds. The Labute approximate surface area is 159 Å². The molecule has 3 rings (SSSR count). The second-order valence-corrected chi connectivity index (χ2v) is 8.21. The quantitative estimate of drug-likeness (QED) is 0.752. The van der Waals surface area contributed by atoms with Crippen LogP contribution in [0.5, 0.6) is 11.5 Å². The highest BCUT2D eigenvalue weighted by Crippen LogP contribution is 2.35. The van der Waals surface area contributed by atoms with Crippen molar-refractivity contribution >= 4 is 15.7 Å². The number of amides is 1. The van der Waals surface area contributed by atoms with Crippen LogP contribution in [-0.2, 0) is 15.4 Å². The van der Waals surface area contributed by atoms with Crippen LogP contribution in [0.4, 0.5) is 8.78 Å². The smallest absolute Gasteiger partial charge is 0.341 e. The molecule has 1 heterocycles. The lowest BCUT2D eigenvalue weighted by Crippen LogP contribution is -2.39. The van der Waals surface area contributed by atoms with Gasteiger partial charge in [-0.15, -0.1) is 0 Å². The molecule has 2 aromatic rings. The Balaban J connectivity index is 1.79. The lowest BCUT2D eigenvalue weighted by Gasteiger charge is -2.24. The number of carbonyl (C=O) groups is 1. The van der Waals surface area contributed by atoms with Gasteiger partial charge in [0, 0.05) is 0 Å². The average molecular weight is 413 g/mol. The second-order valence-electron chi connectivity index (χ2n) is 6.33. The van der Waals surface area contributed by atoms with Gasteiger partial charge in [-0.1, -0.05) is 18.2 Å². The zero-order valence-corrected chi connectivity index (χ0v) is 15.5. The normalized spacial score (nSPS) is 15.3. The minimum atomic E-state index is -4.95. The molecular weight excluding hydrogens is 396 g/mol. The molecule has 0 aliphatic carbocycles. The van der Waals surface area contributed by atoms with Crippen LogP contribution >= 0.6 is 0 Å². The van der Waals surface area contributed by atoms with Crippen LogP contribution in [0.25, 0.3) is 0 Å². The van der Waals surface area contributed by atoms with Crippen LogP contribution in [-0.4, -0.2) is 38.5 Å². The third-order valence-electron chi connectivity index (χ3n) is 4.26. The van der Waals surface area contributed by atoms with Crippen LogP contribution in [0.1, 0.15) is 22.8 Å². The molecule has 0 unspecified atom stereocenters. The first-order valence-corrected chi connectivity index (χ1v) is 9.69. The summed E-state index contributed by atoms with van der Waals surface area (Å²) in [6.45, 7) is 1.20. The highest BCUT2D eigenvalue weighted by Gasteiger charge is 2.32. The number of aliphatic hydroxyl groups is 1. The molecule has 7 nitrogen and oxygen atoms in total. The predicted octanol–water partition coefficient (Wildman–Crippen LogP) is 2.05. The van der Waals surface area contributed by atoms with Crippen LogP contribution in [0.2, 0.25) is 0 Å². The third-order valence-corrected chi connectivity index (χ3v) is 5.70. The number of hydrogen-bond acceptors (Lipinski definition) is 6. The number of alkyl halides is 2. The fourth-order valence-corrected chi connectivity index (χ4v) is 3.61. The van der Waals surface area contributed by atoms with E-state index in [4.69, 9.17) is 9.47 Å². The van der Waals surface area contributed by atoms with Gasteiger partial charge in [-0.3, -0.25) is 4.79 Å². The number of ether oxygens (including phenoxy) is 2. The van der Waals surface area contributed by atoms with E-state index in [1.54, 1.807) is 18.2 Å². The van der Waals surface area contributed by atoms with Gasteiger partial charge in [0.05, 0.1) is 17.0 Å². The molecule has 1 aliphatic rings. The fraction of sp³-hybridized carbons (Fsp3) is 0.278. The number of halogens is 2. The number of hydrogen-bond donors (Lipinski definition) is 2. The van der Waals surface area contributed by atoms with Gasteiger partial charge in [0.15, 0.2) is 11.5 Å². The molecule has 0 spiro atoms. The van der Waals surface area contributed by atoms with Gasteiger partial charge in [-0.25, -0.2) is 8.42 Å². The van der Waals surface area contributed by atoms with E-state index < -0.39 is 37.6 Å². The summed E-state index contributed by atoms with van der Waals surface area (Å²) in [6, 6.07) is 9.42. The van der Waals surface area contributed by atoms with E-state index in [1.165, 1.54) is 19.1 Å². The molecule has 0 radical (unpaired) electrons. The summed E-state index contributed by atoms with van der Waals surface area (Å²) in [4.78, 5) is 11.7. The first-order chi connectivity index (χ1) is 13.1. The highest BCUT2D eigenvalue weighted by molar-refractivity contribution is 7.91. The Morgan fingerprint density at radius 3 is 2.61 bits per heavy atom. The largest absolute Gasteiger partial charge is 0.454 e. The van der Waals surface area contributed by atoms with Crippen molar-refractivity contribution < 1.29 is 36.6 Å². The van der Waals surface area contributed by atoms with E-state index in [-0.39, 0.29) is 13.3 Å². The SMILES string of the molecule is C[C@@](O)(CNC(=O)c1ccccc1S(=O)(=O)C(F)F)c1ccc2c(c1)OCO2. The molecule has 0 bridgehead atoms. The van der Waals surface area contributed by atoms with Crippen LogP contribution in [0.15, 0.2) is 47.4 Å². The van der Waals surface area contributed by atoms with Crippen molar-refractivity contribution in [3.63, 3.8) is 0 Å². The van der Waals surface area contributed by atoms with E-state index in [0.29, 0.717) is 17.1 Å². The van der Waals surface area contributed by atoms with E-state index >= 15 is 0 Å². The van der Waals surface area contributed by atoms with Gasteiger partial charge in [-0.2, -0.15) is 8.78 Å². The summed E-state index contributed by atoms with van der Waals surface area (Å²) in [7, 11) is -4.95. The molecule has 10 heteroatoms. The van der Waals surface area contributed by atoms with Crippen molar-refractivity contribution in [2.24, 2.45) is 0 Å². The average Bonchev–Trinajstić information content (AvgIpc) is 3.14. The molecule has 1 atom stereocenters. The molecule has 2 aromatic carbocycles. The van der Waals surface area contributed by atoms with Gasteiger partial charge in [0.2, 0.25) is 16.6 Å². The standard InChI is InChI=1S/C18H17F2NO6S/c1-18(23,11-6-7-13-14(8-11)27-10-26-13)9-21-16(22)12-4-2-3-5-15(12)28(24,25)17(19)20/h2-8,17,23H,9-10H2,1H3,(H,21,22)/t18-/m1/s1. The second kappa shape index (κ2) is 7.36. The number of sulfone groups is 1. The van der Waals surface area contributed by atoms with Gasteiger partial charge in [0.25, 0.3) is 5.91 Å². The lowest BCUT2D eigenvalue weighted by atomic mass is 9.95. The molecule has 1 aliphatic heterocycles. The lowest BCUT2D eigenvalue weighted by molar-refractivity contribution is 0.0524. The third kappa shape index (κ3) is 3.78. The molecule has 0 fully saturated rings. The summed E-state index contributed by atoms with van der Waals surface area (Å²) in [6.07, 6.45) is 0. The fourth-order valence-electron chi connectivity index (χ4n) is 2.68. The zero-order chi connectivity index (χ0) is 20.5. The summed E-state index contributed by atoms with van der Waals surface area (Å²) in [5.74, 6) is -3.59. The molecule has 0 saturated heterocycles. The Bertz CT molecular complexity index is 1010. The first kappa shape index (κ1) is 20.0. The van der Waals surface area contributed by atoms with Crippen LogP contribution < -0.4 is 14.8 Å². The maximum absolute atomic E-state index is 12.9. The summed E-state index contributed by atoms with van der Waals surface area (Å²) in [5, 5.41) is 13.1. The number of rotatable bonds is 6. The van der Waals surface area contributed by atoms with Crippen molar-refractivity contribution in [3.8, 4) is 11.5 Å². The van der Waals surface area contributed by atoms with Gasteiger partial charge in [-0.05, 0) is 36.8 Å². The summed E-state index contributed by atoms with van der Waals surface area (Å²) >= 11 is 0. The highest BCUT2D eigenvalue weighted by atomic mass is 32.2. The number of carbonyl (C=O) groups excluding carboxylic acids is 1. The number of benzene rings is 2. The van der Waals surface area contributed by atoms with Gasteiger partial charge < -0.3 is 19.9 Å². The molecular formula is C18H17F2NO6S. The van der Waals surface area contributed by atoms with Gasteiger partial charge in [0.1, 0.15) is 5.60 Å². The zero-order valence-electron chi connectivity index (χ0n) is 14.7. The van der Waals surface area contributed by atoms with E-state index in [0.717, 1.165) is 12.1 Å². The number of fused-ring (bicyclic) bond motifs is 1. The summed E-state index contributed by atoms with van der Waals surface area (Å²) in [5.41, 5.74) is -1.54. The maximum Gasteiger partial charge on any atom is 0.341 e. The van der Waals surface area contributed by atoms with E-state index in [1.807, 2.05) is 0 Å². The molecule has 0 aromatic heterocycles. The van der Waals surface area contributed by atoms with Crippen LogP contribution in [0, 0.1) is 0 Å². The minimum Gasteiger partial charge on any atom is -0.454 e. The first-order valence-electron chi connectivity index (χ1n) is 8.15. The monoisotopic (exact) mass is 413 g/mol. The topological polar surface area (TPSA) is 102 Å². The van der Waals surface area contributed by atoms with Crippen molar-refractivity contribution in [2.75, 3.05) is 13.3 Å².